The van der Waals surface area contributed by atoms with Gasteiger partial charge in [0.05, 0.1) is 22.0 Å². The SMILES string of the molecule is O=C(CC1(C(=O)O)CCCCC1)c1ccc(-c2ccc(Nc3nc4ccc(C(F)(F)F)cc4[nH]3)cc2)cc1. The number of hydrogen-bond acceptors (Lipinski definition) is 4. The highest BCUT2D eigenvalue weighted by atomic mass is 19.4. The first-order valence-electron chi connectivity index (χ1n) is 12.4. The molecule has 5 rings (SSSR count). The number of carboxylic acid groups (broad SMARTS) is 1. The Morgan fingerprint density at radius 2 is 1.55 bits per heavy atom. The highest BCUT2D eigenvalue weighted by Crippen LogP contribution is 2.40. The van der Waals surface area contributed by atoms with Gasteiger partial charge in [0.15, 0.2) is 5.78 Å². The third-order valence-electron chi connectivity index (χ3n) is 7.26. The molecule has 38 heavy (non-hydrogen) atoms. The van der Waals surface area contributed by atoms with Crippen molar-refractivity contribution >= 4 is 34.4 Å². The van der Waals surface area contributed by atoms with Gasteiger partial charge in [0.25, 0.3) is 0 Å². The molecule has 9 heteroatoms. The van der Waals surface area contributed by atoms with E-state index in [4.69, 9.17) is 0 Å². The Labute approximate surface area is 216 Å². The zero-order valence-electron chi connectivity index (χ0n) is 20.4. The van der Waals surface area contributed by atoms with Crippen LogP contribution in [0.5, 0.6) is 0 Å². The minimum atomic E-state index is -4.43. The van der Waals surface area contributed by atoms with E-state index in [0.717, 1.165) is 42.5 Å². The number of aliphatic carboxylic acids is 1. The van der Waals surface area contributed by atoms with Gasteiger partial charge in [-0.3, -0.25) is 9.59 Å². The molecule has 1 fully saturated rings. The van der Waals surface area contributed by atoms with Gasteiger partial charge in [-0.05, 0) is 54.3 Å². The predicted octanol–water partition coefficient (Wildman–Crippen LogP) is 7.60. The number of halogens is 3. The van der Waals surface area contributed by atoms with Crippen molar-refractivity contribution in [3.63, 3.8) is 0 Å². The van der Waals surface area contributed by atoms with E-state index in [-0.39, 0.29) is 17.7 Å². The molecule has 0 saturated heterocycles. The molecule has 0 aliphatic heterocycles. The molecular formula is C29H26F3N3O3. The second-order valence-corrected chi connectivity index (χ2v) is 9.84. The molecule has 0 radical (unpaired) electrons. The Balaban J connectivity index is 1.26. The molecule has 0 spiro atoms. The van der Waals surface area contributed by atoms with Crippen molar-refractivity contribution in [2.75, 3.05) is 5.32 Å². The van der Waals surface area contributed by atoms with Crippen LogP contribution >= 0.6 is 0 Å². The van der Waals surface area contributed by atoms with E-state index < -0.39 is 23.1 Å². The molecular weight excluding hydrogens is 495 g/mol. The van der Waals surface area contributed by atoms with E-state index in [0.29, 0.717) is 35.6 Å². The third kappa shape index (κ3) is 5.27. The van der Waals surface area contributed by atoms with Gasteiger partial charge in [0.1, 0.15) is 0 Å². The van der Waals surface area contributed by atoms with Crippen molar-refractivity contribution < 1.29 is 27.9 Å². The Hall–Kier alpha value is -4.14. The molecule has 196 valence electrons. The second kappa shape index (κ2) is 9.96. The number of carbonyl (C=O) groups is 2. The zero-order chi connectivity index (χ0) is 26.9. The summed E-state index contributed by atoms with van der Waals surface area (Å²) in [4.78, 5) is 32.0. The number of aromatic amines is 1. The maximum Gasteiger partial charge on any atom is 0.416 e. The van der Waals surface area contributed by atoms with Crippen LogP contribution in [0.4, 0.5) is 24.8 Å². The van der Waals surface area contributed by atoms with E-state index in [9.17, 15) is 27.9 Å². The van der Waals surface area contributed by atoms with Crippen LogP contribution in [0.25, 0.3) is 22.2 Å². The second-order valence-electron chi connectivity index (χ2n) is 9.84. The number of hydrogen-bond donors (Lipinski definition) is 3. The summed E-state index contributed by atoms with van der Waals surface area (Å²) in [5.41, 5.74) is 1.99. The standard InChI is InChI=1S/C29H26F3N3O3/c30-29(31,32)21-10-13-23-24(16-21)35-27(34-23)33-22-11-8-19(9-12-22)18-4-6-20(7-5-18)25(36)17-28(26(37)38)14-2-1-3-15-28/h4-13,16H,1-3,14-15,17H2,(H,37,38)(H2,33,34,35). The molecule has 0 atom stereocenters. The Kier molecular flexibility index (Phi) is 6.69. The molecule has 3 aromatic carbocycles. The summed E-state index contributed by atoms with van der Waals surface area (Å²) in [5, 5.41) is 12.8. The van der Waals surface area contributed by atoms with E-state index in [1.807, 2.05) is 36.4 Å². The number of Topliss-reactive ketones (excluding diaryl/α,β-unsaturated/α-hetero) is 1. The molecule has 1 aliphatic carbocycles. The minimum Gasteiger partial charge on any atom is -0.481 e. The number of alkyl halides is 3. The van der Waals surface area contributed by atoms with Crippen LogP contribution in [0, 0.1) is 5.41 Å². The number of rotatable bonds is 7. The highest BCUT2D eigenvalue weighted by molar-refractivity contribution is 5.99. The molecule has 0 bridgehead atoms. The number of H-pyrrole nitrogens is 1. The maximum absolute atomic E-state index is 13.0. The van der Waals surface area contributed by atoms with Gasteiger partial charge in [-0.2, -0.15) is 13.2 Å². The van der Waals surface area contributed by atoms with Gasteiger partial charge >= 0.3 is 12.1 Å². The fourth-order valence-electron chi connectivity index (χ4n) is 5.08. The summed E-state index contributed by atoms with van der Waals surface area (Å²) in [6.45, 7) is 0. The van der Waals surface area contributed by atoms with E-state index in [1.165, 1.54) is 6.07 Å². The van der Waals surface area contributed by atoms with Gasteiger partial charge in [0.2, 0.25) is 5.95 Å². The number of aromatic nitrogens is 2. The van der Waals surface area contributed by atoms with Crippen LogP contribution in [0.3, 0.4) is 0 Å². The number of anilines is 2. The molecule has 3 N–H and O–H groups in total. The molecule has 0 amide bonds. The van der Waals surface area contributed by atoms with Crippen molar-refractivity contribution in [3.05, 3.63) is 77.9 Å². The largest absolute Gasteiger partial charge is 0.481 e. The average Bonchev–Trinajstić information content (AvgIpc) is 3.31. The summed E-state index contributed by atoms with van der Waals surface area (Å²) in [6, 6.07) is 17.9. The average molecular weight is 522 g/mol. The van der Waals surface area contributed by atoms with Crippen molar-refractivity contribution in [1.82, 2.24) is 9.97 Å². The summed E-state index contributed by atoms with van der Waals surface area (Å²) in [7, 11) is 0. The van der Waals surface area contributed by atoms with Crippen molar-refractivity contribution in [3.8, 4) is 11.1 Å². The highest BCUT2D eigenvalue weighted by Gasteiger charge is 2.41. The Bertz CT molecular complexity index is 1470. The fraction of sp³-hybridized carbons (Fsp3) is 0.276. The van der Waals surface area contributed by atoms with Gasteiger partial charge in [0, 0.05) is 17.7 Å². The molecule has 0 unspecified atom stereocenters. The smallest absolute Gasteiger partial charge is 0.416 e. The number of nitrogens with zero attached hydrogens (tertiary/aromatic N) is 1. The number of carbonyl (C=O) groups excluding carboxylic acids is 1. The first-order chi connectivity index (χ1) is 18.1. The van der Waals surface area contributed by atoms with Gasteiger partial charge in [-0.25, -0.2) is 4.98 Å². The zero-order valence-corrected chi connectivity index (χ0v) is 20.4. The van der Waals surface area contributed by atoms with Crippen LogP contribution in [0.2, 0.25) is 0 Å². The number of carboxylic acids is 1. The van der Waals surface area contributed by atoms with E-state index in [2.05, 4.69) is 15.3 Å². The lowest BCUT2D eigenvalue weighted by Gasteiger charge is -2.32. The third-order valence-corrected chi connectivity index (χ3v) is 7.26. The van der Waals surface area contributed by atoms with Gasteiger partial charge in [-0.1, -0.05) is 55.7 Å². The van der Waals surface area contributed by atoms with Crippen LogP contribution in [0.1, 0.15) is 54.4 Å². The van der Waals surface area contributed by atoms with Crippen LogP contribution in [-0.4, -0.2) is 26.8 Å². The Morgan fingerprint density at radius 3 is 2.16 bits per heavy atom. The first-order valence-corrected chi connectivity index (χ1v) is 12.4. The number of nitrogens with one attached hydrogen (secondary N) is 2. The molecule has 1 aromatic heterocycles. The summed E-state index contributed by atoms with van der Waals surface area (Å²) < 4.78 is 38.9. The lowest BCUT2D eigenvalue weighted by atomic mass is 9.70. The molecule has 6 nitrogen and oxygen atoms in total. The van der Waals surface area contributed by atoms with Crippen LogP contribution in [-0.2, 0) is 11.0 Å². The number of benzene rings is 3. The molecule has 1 aliphatic rings. The Morgan fingerprint density at radius 1 is 0.921 bits per heavy atom. The molecule has 4 aromatic rings. The lowest BCUT2D eigenvalue weighted by Crippen LogP contribution is -2.35. The number of fused-ring (bicyclic) bond motifs is 1. The summed E-state index contributed by atoms with van der Waals surface area (Å²) in [5.74, 6) is -0.717. The van der Waals surface area contributed by atoms with E-state index in [1.54, 1.807) is 12.1 Å². The van der Waals surface area contributed by atoms with Crippen molar-refractivity contribution in [2.24, 2.45) is 5.41 Å². The van der Waals surface area contributed by atoms with Crippen LogP contribution in [0.15, 0.2) is 66.7 Å². The summed E-state index contributed by atoms with van der Waals surface area (Å²) >= 11 is 0. The lowest BCUT2D eigenvalue weighted by molar-refractivity contribution is -0.151. The normalized spacial score (nSPS) is 15.3. The number of imidazole rings is 1. The monoisotopic (exact) mass is 521 g/mol. The van der Waals surface area contributed by atoms with Gasteiger partial charge in [-0.15, -0.1) is 0 Å². The number of ketones is 1. The molecule has 1 heterocycles. The fourth-order valence-corrected chi connectivity index (χ4v) is 5.08. The minimum absolute atomic E-state index is 0.0152. The maximum atomic E-state index is 13.0. The van der Waals surface area contributed by atoms with E-state index >= 15 is 0 Å². The van der Waals surface area contributed by atoms with Gasteiger partial charge < -0.3 is 15.4 Å². The first kappa shape index (κ1) is 25.5. The topological polar surface area (TPSA) is 95.1 Å². The van der Waals surface area contributed by atoms with Crippen molar-refractivity contribution in [2.45, 2.75) is 44.7 Å². The van der Waals surface area contributed by atoms with Crippen molar-refractivity contribution in [1.29, 1.82) is 0 Å². The molecule has 1 saturated carbocycles. The quantitative estimate of drug-likeness (QED) is 0.218. The van der Waals surface area contributed by atoms with Crippen LogP contribution < -0.4 is 5.32 Å². The summed E-state index contributed by atoms with van der Waals surface area (Å²) in [6.07, 6.45) is -0.666. The predicted molar refractivity (Wildman–Crippen MR) is 138 cm³/mol.